The smallest absolute Gasteiger partial charge is 0.191 e. The molecule has 0 N–H and O–H groups in total. The van der Waals surface area contributed by atoms with Crippen molar-refractivity contribution >= 4 is 11.8 Å². The molecule has 1 aromatic heterocycles. The third kappa shape index (κ3) is 2.67. The van der Waals surface area contributed by atoms with Gasteiger partial charge in [0.2, 0.25) is 0 Å². The van der Waals surface area contributed by atoms with Crippen LogP contribution in [-0.2, 0) is 7.05 Å². The van der Waals surface area contributed by atoms with Crippen molar-refractivity contribution in [3.8, 4) is 17.1 Å². The van der Waals surface area contributed by atoms with Gasteiger partial charge in [0.15, 0.2) is 11.0 Å². The lowest BCUT2D eigenvalue weighted by Gasteiger charge is -2.05. The Morgan fingerprint density at radius 2 is 2.17 bits per heavy atom. The minimum atomic E-state index is 0.832. The van der Waals surface area contributed by atoms with E-state index in [2.05, 4.69) is 17.1 Å². The van der Waals surface area contributed by atoms with Gasteiger partial charge in [-0.1, -0.05) is 30.8 Å². The summed E-state index contributed by atoms with van der Waals surface area (Å²) in [7, 11) is 3.66. The molecule has 18 heavy (non-hydrogen) atoms. The van der Waals surface area contributed by atoms with Crippen LogP contribution in [0.15, 0.2) is 29.4 Å². The van der Waals surface area contributed by atoms with Crippen LogP contribution >= 0.6 is 11.8 Å². The highest BCUT2D eigenvalue weighted by molar-refractivity contribution is 7.99. The first-order valence-corrected chi connectivity index (χ1v) is 6.91. The van der Waals surface area contributed by atoms with Gasteiger partial charge in [-0.05, 0) is 18.6 Å². The first-order chi connectivity index (χ1) is 8.76. The fraction of sp³-hybridized carbons (Fsp3) is 0.385. The molecule has 0 aliphatic rings. The van der Waals surface area contributed by atoms with Gasteiger partial charge in [-0.2, -0.15) is 0 Å². The molecule has 5 heteroatoms. The Morgan fingerprint density at radius 1 is 1.33 bits per heavy atom. The van der Waals surface area contributed by atoms with E-state index in [1.807, 2.05) is 35.9 Å². The van der Waals surface area contributed by atoms with E-state index in [4.69, 9.17) is 4.74 Å². The van der Waals surface area contributed by atoms with E-state index in [0.29, 0.717) is 0 Å². The number of benzene rings is 1. The SMILES string of the molecule is CCCSc1nnc(-c2cccc(OC)c2)n1C. The summed E-state index contributed by atoms with van der Waals surface area (Å²) < 4.78 is 7.25. The maximum atomic E-state index is 5.23. The number of ether oxygens (including phenoxy) is 1. The van der Waals surface area contributed by atoms with Gasteiger partial charge < -0.3 is 9.30 Å². The number of methoxy groups -OCH3 is 1. The van der Waals surface area contributed by atoms with Crippen molar-refractivity contribution in [3.63, 3.8) is 0 Å². The van der Waals surface area contributed by atoms with E-state index in [1.54, 1.807) is 18.9 Å². The molecule has 1 aromatic carbocycles. The molecule has 0 saturated carbocycles. The molecular formula is C13H17N3OS. The predicted octanol–water partition coefficient (Wildman–Crippen LogP) is 2.99. The molecule has 96 valence electrons. The first kappa shape index (κ1) is 13.0. The third-order valence-electron chi connectivity index (χ3n) is 2.60. The number of aromatic nitrogens is 3. The maximum absolute atomic E-state index is 5.23. The van der Waals surface area contributed by atoms with Crippen LogP contribution < -0.4 is 4.74 Å². The molecule has 0 aliphatic carbocycles. The van der Waals surface area contributed by atoms with Crippen molar-refractivity contribution in [2.45, 2.75) is 18.5 Å². The zero-order valence-electron chi connectivity index (χ0n) is 10.9. The molecule has 0 spiro atoms. The van der Waals surface area contributed by atoms with Gasteiger partial charge in [-0.15, -0.1) is 10.2 Å². The second kappa shape index (κ2) is 5.91. The number of hydrogen-bond donors (Lipinski definition) is 0. The van der Waals surface area contributed by atoms with E-state index in [9.17, 15) is 0 Å². The second-order valence-corrected chi connectivity index (χ2v) is 5.01. The van der Waals surface area contributed by atoms with Crippen molar-refractivity contribution in [3.05, 3.63) is 24.3 Å². The Hall–Kier alpha value is -1.49. The monoisotopic (exact) mass is 263 g/mol. The van der Waals surface area contributed by atoms with Crippen molar-refractivity contribution in [1.29, 1.82) is 0 Å². The Bertz CT molecular complexity index is 525. The number of thioether (sulfide) groups is 1. The maximum Gasteiger partial charge on any atom is 0.191 e. The van der Waals surface area contributed by atoms with Gasteiger partial charge >= 0.3 is 0 Å². The topological polar surface area (TPSA) is 39.9 Å². The lowest BCUT2D eigenvalue weighted by atomic mass is 10.2. The summed E-state index contributed by atoms with van der Waals surface area (Å²) in [4.78, 5) is 0. The molecule has 0 aliphatic heterocycles. The number of hydrogen-bond acceptors (Lipinski definition) is 4. The van der Waals surface area contributed by atoms with Crippen LogP contribution in [-0.4, -0.2) is 27.6 Å². The van der Waals surface area contributed by atoms with Crippen LogP contribution in [0, 0.1) is 0 Å². The van der Waals surface area contributed by atoms with Crippen LogP contribution in [0.25, 0.3) is 11.4 Å². The molecule has 0 atom stereocenters. The number of rotatable bonds is 5. The highest BCUT2D eigenvalue weighted by Crippen LogP contribution is 2.25. The second-order valence-electron chi connectivity index (χ2n) is 3.95. The van der Waals surface area contributed by atoms with Crippen LogP contribution in [0.3, 0.4) is 0 Å². The van der Waals surface area contributed by atoms with E-state index in [0.717, 1.165) is 34.5 Å². The average Bonchev–Trinajstić information content (AvgIpc) is 2.78. The van der Waals surface area contributed by atoms with Gasteiger partial charge in [0, 0.05) is 18.4 Å². The molecule has 0 radical (unpaired) electrons. The van der Waals surface area contributed by atoms with Crippen LogP contribution in [0.4, 0.5) is 0 Å². The summed E-state index contributed by atoms with van der Waals surface area (Å²) in [5, 5.41) is 9.42. The standard InChI is InChI=1S/C13H17N3OS/c1-4-8-18-13-15-14-12(16(13)2)10-6-5-7-11(9-10)17-3/h5-7,9H,4,8H2,1-3H3. The van der Waals surface area contributed by atoms with Gasteiger partial charge in [-0.3, -0.25) is 0 Å². The van der Waals surface area contributed by atoms with Crippen LogP contribution in [0.1, 0.15) is 13.3 Å². The minimum absolute atomic E-state index is 0.832. The predicted molar refractivity (Wildman–Crippen MR) is 74.0 cm³/mol. The molecule has 1 heterocycles. The van der Waals surface area contributed by atoms with Crippen molar-refractivity contribution in [2.24, 2.45) is 7.05 Å². The Morgan fingerprint density at radius 3 is 2.89 bits per heavy atom. The van der Waals surface area contributed by atoms with Gasteiger partial charge in [0.25, 0.3) is 0 Å². The molecule has 0 bridgehead atoms. The van der Waals surface area contributed by atoms with Crippen LogP contribution in [0.2, 0.25) is 0 Å². The fourth-order valence-electron chi connectivity index (χ4n) is 1.65. The molecular weight excluding hydrogens is 246 g/mol. The fourth-order valence-corrected chi connectivity index (χ4v) is 2.41. The highest BCUT2D eigenvalue weighted by Gasteiger charge is 2.11. The lowest BCUT2D eigenvalue weighted by Crippen LogP contribution is -1.95. The Kier molecular flexibility index (Phi) is 4.25. The zero-order chi connectivity index (χ0) is 13.0. The quantitative estimate of drug-likeness (QED) is 0.777. The van der Waals surface area contributed by atoms with E-state index in [-0.39, 0.29) is 0 Å². The van der Waals surface area contributed by atoms with E-state index in [1.165, 1.54) is 0 Å². The molecule has 0 fully saturated rings. The van der Waals surface area contributed by atoms with Crippen LogP contribution in [0.5, 0.6) is 5.75 Å². The summed E-state index contributed by atoms with van der Waals surface area (Å²) >= 11 is 1.73. The van der Waals surface area contributed by atoms with E-state index >= 15 is 0 Å². The first-order valence-electron chi connectivity index (χ1n) is 5.93. The molecule has 4 nitrogen and oxygen atoms in total. The molecule has 0 saturated heterocycles. The minimum Gasteiger partial charge on any atom is -0.497 e. The molecule has 0 amide bonds. The van der Waals surface area contributed by atoms with E-state index < -0.39 is 0 Å². The molecule has 2 rings (SSSR count). The largest absolute Gasteiger partial charge is 0.497 e. The average molecular weight is 263 g/mol. The number of nitrogens with zero attached hydrogens (tertiary/aromatic N) is 3. The Balaban J connectivity index is 2.30. The lowest BCUT2D eigenvalue weighted by molar-refractivity contribution is 0.415. The summed E-state index contributed by atoms with van der Waals surface area (Å²) in [6, 6.07) is 7.87. The van der Waals surface area contributed by atoms with Crippen molar-refractivity contribution in [1.82, 2.24) is 14.8 Å². The van der Waals surface area contributed by atoms with Gasteiger partial charge in [0.1, 0.15) is 5.75 Å². The summed E-state index contributed by atoms with van der Waals surface area (Å²) in [6.07, 6.45) is 1.13. The zero-order valence-corrected chi connectivity index (χ0v) is 11.7. The third-order valence-corrected chi connectivity index (χ3v) is 3.82. The highest BCUT2D eigenvalue weighted by atomic mass is 32.2. The Labute approximate surface area is 111 Å². The normalized spacial score (nSPS) is 10.6. The molecule has 2 aromatic rings. The van der Waals surface area contributed by atoms with Gasteiger partial charge in [0.05, 0.1) is 7.11 Å². The van der Waals surface area contributed by atoms with Gasteiger partial charge in [-0.25, -0.2) is 0 Å². The van der Waals surface area contributed by atoms with Crippen molar-refractivity contribution in [2.75, 3.05) is 12.9 Å². The molecule has 0 unspecified atom stereocenters. The van der Waals surface area contributed by atoms with Crippen molar-refractivity contribution < 1.29 is 4.74 Å². The summed E-state index contributed by atoms with van der Waals surface area (Å²) in [6.45, 7) is 2.16. The summed E-state index contributed by atoms with van der Waals surface area (Å²) in [5.74, 6) is 2.76. The summed E-state index contributed by atoms with van der Waals surface area (Å²) in [5.41, 5.74) is 1.02.